The highest BCUT2D eigenvalue weighted by Crippen LogP contribution is 2.14. The highest BCUT2D eigenvalue weighted by Gasteiger charge is 2.17. The zero-order valence-electron chi connectivity index (χ0n) is 11.5. The second-order valence-electron chi connectivity index (χ2n) is 4.80. The van der Waals surface area contributed by atoms with Crippen molar-refractivity contribution in [1.29, 1.82) is 0 Å². The Kier molecular flexibility index (Phi) is 3.69. The molecule has 0 atom stereocenters. The lowest BCUT2D eigenvalue weighted by Crippen LogP contribution is -2.06. The number of aromatic carboxylic acids is 1. The number of carboxylic acids is 1. The topological polar surface area (TPSA) is 55.1 Å². The van der Waals surface area contributed by atoms with Crippen molar-refractivity contribution in [3.8, 4) is 0 Å². The van der Waals surface area contributed by atoms with Gasteiger partial charge in [0.25, 0.3) is 0 Å². The minimum atomic E-state index is -0.956. The maximum atomic E-state index is 11.2. The average molecular weight is 258 g/mol. The predicted molar refractivity (Wildman–Crippen MR) is 73.5 cm³/mol. The highest BCUT2D eigenvalue weighted by atomic mass is 16.4. The lowest BCUT2D eigenvalue weighted by atomic mass is 10.1. The van der Waals surface area contributed by atoms with Gasteiger partial charge in [-0.25, -0.2) is 9.78 Å². The van der Waals surface area contributed by atoms with Crippen molar-refractivity contribution < 1.29 is 9.90 Å². The van der Waals surface area contributed by atoms with Crippen molar-refractivity contribution in [1.82, 2.24) is 9.55 Å². The van der Waals surface area contributed by atoms with E-state index in [0.717, 1.165) is 17.9 Å². The quantitative estimate of drug-likeness (QED) is 0.916. The maximum Gasteiger partial charge on any atom is 0.356 e. The van der Waals surface area contributed by atoms with Gasteiger partial charge in [0.2, 0.25) is 0 Å². The van der Waals surface area contributed by atoms with Crippen molar-refractivity contribution in [2.75, 3.05) is 0 Å². The van der Waals surface area contributed by atoms with E-state index >= 15 is 0 Å². The number of benzene rings is 1. The summed E-state index contributed by atoms with van der Waals surface area (Å²) in [6, 6.07) is 8.31. The molecule has 0 aliphatic rings. The molecule has 1 aromatic carbocycles. The molecule has 4 heteroatoms. The van der Waals surface area contributed by atoms with E-state index in [1.165, 1.54) is 11.1 Å². The largest absolute Gasteiger partial charge is 0.476 e. The smallest absolute Gasteiger partial charge is 0.356 e. The fourth-order valence-electron chi connectivity index (χ4n) is 2.13. The van der Waals surface area contributed by atoms with Crippen LogP contribution in [0.4, 0.5) is 0 Å². The summed E-state index contributed by atoms with van der Waals surface area (Å²) in [7, 11) is 1.86. The second kappa shape index (κ2) is 5.26. The monoisotopic (exact) mass is 258 g/mol. The maximum absolute atomic E-state index is 11.2. The van der Waals surface area contributed by atoms with Gasteiger partial charge < -0.3 is 9.67 Å². The zero-order chi connectivity index (χ0) is 14.0. The van der Waals surface area contributed by atoms with Gasteiger partial charge in [0.05, 0.1) is 5.69 Å². The number of rotatable bonds is 4. The summed E-state index contributed by atoms with van der Waals surface area (Å²) in [5.41, 5.74) is 3.39. The number of imidazole rings is 1. The normalized spacial score (nSPS) is 10.7. The van der Waals surface area contributed by atoms with Crippen LogP contribution in [0.3, 0.4) is 0 Å². The summed E-state index contributed by atoms with van der Waals surface area (Å²) in [6.45, 7) is 3.87. The first-order valence-electron chi connectivity index (χ1n) is 6.30. The number of carbonyl (C=O) groups is 1. The first-order chi connectivity index (χ1) is 8.99. The highest BCUT2D eigenvalue weighted by molar-refractivity contribution is 5.86. The standard InChI is InChI=1S/C15H18N2O2/c1-10-4-6-12(7-5-10)8-9-13-14(15(18)19)16-11(2)17(13)3/h4-7H,8-9H2,1-3H3,(H,18,19). The second-order valence-corrected chi connectivity index (χ2v) is 4.80. The number of hydrogen-bond acceptors (Lipinski definition) is 2. The molecule has 1 aromatic heterocycles. The molecule has 0 spiro atoms. The van der Waals surface area contributed by atoms with Crippen molar-refractivity contribution >= 4 is 5.97 Å². The van der Waals surface area contributed by atoms with E-state index in [1.807, 2.05) is 18.5 Å². The molecule has 0 aliphatic heterocycles. The van der Waals surface area contributed by atoms with Crippen LogP contribution in [-0.2, 0) is 19.9 Å². The van der Waals surface area contributed by atoms with Crippen LogP contribution in [0.1, 0.15) is 33.1 Å². The van der Waals surface area contributed by atoms with Crippen LogP contribution in [0, 0.1) is 13.8 Å². The Bertz CT molecular complexity index is 597. The number of aromatic nitrogens is 2. The molecule has 1 heterocycles. The van der Waals surface area contributed by atoms with Gasteiger partial charge in [-0.15, -0.1) is 0 Å². The third-order valence-corrected chi connectivity index (χ3v) is 3.41. The minimum Gasteiger partial charge on any atom is -0.476 e. The molecule has 2 aromatic rings. The molecular weight excluding hydrogens is 240 g/mol. The molecule has 0 fully saturated rings. The summed E-state index contributed by atoms with van der Waals surface area (Å²) in [6.07, 6.45) is 1.50. The fraction of sp³-hybridized carbons (Fsp3) is 0.333. The number of hydrogen-bond donors (Lipinski definition) is 1. The van der Waals surface area contributed by atoms with Crippen molar-refractivity contribution in [2.45, 2.75) is 26.7 Å². The molecule has 0 saturated carbocycles. The van der Waals surface area contributed by atoms with Gasteiger partial charge in [0, 0.05) is 7.05 Å². The van der Waals surface area contributed by atoms with E-state index in [9.17, 15) is 4.79 Å². The number of carboxylic acid groups (broad SMARTS) is 1. The van der Waals surface area contributed by atoms with E-state index < -0.39 is 5.97 Å². The molecule has 0 saturated heterocycles. The van der Waals surface area contributed by atoms with E-state index in [1.54, 1.807) is 0 Å². The summed E-state index contributed by atoms with van der Waals surface area (Å²) in [5, 5.41) is 9.16. The van der Waals surface area contributed by atoms with Gasteiger partial charge >= 0.3 is 5.97 Å². The van der Waals surface area contributed by atoms with Crippen LogP contribution in [0.15, 0.2) is 24.3 Å². The van der Waals surface area contributed by atoms with Crippen LogP contribution >= 0.6 is 0 Å². The van der Waals surface area contributed by atoms with Gasteiger partial charge in [0.15, 0.2) is 5.69 Å². The third-order valence-electron chi connectivity index (χ3n) is 3.41. The third kappa shape index (κ3) is 2.84. The number of nitrogens with zero attached hydrogens (tertiary/aromatic N) is 2. The van der Waals surface area contributed by atoms with Gasteiger partial charge in [-0.3, -0.25) is 0 Å². The van der Waals surface area contributed by atoms with Crippen LogP contribution < -0.4 is 0 Å². The Morgan fingerprint density at radius 3 is 2.42 bits per heavy atom. The van der Waals surface area contributed by atoms with Crippen LogP contribution in [0.5, 0.6) is 0 Å². The van der Waals surface area contributed by atoms with Gasteiger partial charge in [-0.1, -0.05) is 29.8 Å². The summed E-state index contributed by atoms with van der Waals surface area (Å²) in [4.78, 5) is 15.3. The SMILES string of the molecule is Cc1ccc(CCc2c(C(=O)O)nc(C)n2C)cc1. The Labute approximate surface area is 112 Å². The zero-order valence-corrected chi connectivity index (χ0v) is 11.5. The lowest BCUT2D eigenvalue weighted by molar-refractivity contribution is 0.0689. The summed E-state index contributed by atoms with van der Waals surface area (Å²) in [5.74, 6) is -0.223. The Hall–Kier alpha value is -2.10. The van der Waals surface area contributed by atoms with Crippen LogP contribution in [0.2, 0.25) is 0 Å². The van der Waals surface area contributed by atoms with Gasteiger partial charge in [-0.05, 0) is 32.3 Å². The van der Waals surface area contributed by atoms with Crippen LogP contribution in [0.25, 0.3) is 0 Å². The molecule has 19 heavy (non-hydrogen) atoms. The van der Waals surface area contributed by atoms with Crippen molar-refractivity contribution in [3.63, 3.8) is 0 Å². The molecule has 2 rings (SSSR count). The average Bonchev–Trinajstić information content (AvgIpc) is 2.66. The Morgan fingerprint density at radius 1 is 1.21 bits per heavy atom. The molecule has 0 aliphatic carbocycles. The Morgan fingerprint density at radius 2 is 1.84 bits per heavy atom. The molecule has 0 radical (unpaired) electrons. The predicted octanol–water partition coefficient (Wildman–Crippen LogP) is 2.52. The van der Waals surface area contributed by atoms with Crippen molar-refractivity contribution in [3.05, 3.63) is 52.6 Å². The van der Waals surface area contributed by atoms with Crippen LogP contribution in [-0.4, -0.2) is 20.6 Å². The fourth-order valence-corrected chi connectivity index (χ4v) is 2.13. The molecule has 100 valence electrons. The van der Waals surface area contributed by atoms with E-state index in [0.29, 0.717) is 6.42 Å². The van der Waals surface area contributed by atoms with Crippen molar-refractivity contribution in [2.24, 2.45) is 7.05 Å². The molecule has 0 bridgehead atoms. The first-order valence-corrected chi connectivity index (χ1v) is 6.30. The lowest BCUT2D eigenvalue weighted by Gasteiger charge is -2.05. The molecule has 4 nitrogen and oxygen atoms in total. The summed E-state index contributed by atoms with van der Waals surface area (Å²) >= 11 is 0. The molecule has 0 unspecified atom stereocenters. The van der Waals surface area contributed by atoms with Gasteiger partial charge in [0.1, 0.15) is 5.82 Å². The van der Waals surface area contributed by atoms with Gasteiger partial charge in [-0.2, -0.15) is 0 Å². The molecular formula is C15H18N2O2. The van der Waals surface area contributed by atoms with E-state index in [4.69, 9.17) is 5.11 Å². The molecule has 0 amide bonds. The first kappa shape index (κ1) is 13.3. The minimum absolute atomic E-state index is 0.173. The van der Waals surface area contributed by atoms with E-state index in [2.05, 4.69) is 36.2 Å². The molecule has 1 N–H and O–H groups in total. The van der Waals surface area contributed by atoms with E-state index in [-0.39, 0.29) is 5.69 Å². The number of aryl methyl sites for hydroxylation is 3. The summed E-state index contributed by atoms with van der Waals surface area (Å²) < 4.78 is 1.86. The Balaban J connectivity index is 2.19.